The molecule has 0 bridgehead atoms. The van der Waals surface area contributed by atoms with Gasteiger partial charge in [-0.3, -0.25) is 4.57 Å². The number of hydrogen-bond donors (Lipinski definition) is 0. The van der Waals surface area contributed by atoms with Crippen molar-refractivity contribution in [1.82, 2.24) is 24.1 Å². The molecule has 15 rings (SSSR count). The second-order valence-corrected chi connectivity index (χ2v) is 18.6. The van der Waals surface area contributed by atoms with Crippen LogP contribution in [0.1, 0.15) is 0 Å². The zero-order chi connectivity index (χ0) is 44.5. The Kier molecular flexibility index (Phi) is 7.85. The van der Waals surface area contributed by atoms with E-state index >= 15 is 0 Å². The predicted molar refractivity (Wildman–Crippen MR) is 282 cm³/mol. The maximum absolute atomic E-state index is 6.98. The molecule has 0 saturated carbocycles. The summed E-state index contributed by atoms with van der Waals surface area (Å²) in [6, 6.07) is 75.5. The molecule has 0 saturated heterocycles. The van der Waals surface area contributed by atoms with Crippen molar-refractivity contribution in [2.24, 2.45) is 0 Å². The zero-order valence-electron chi connectivity index (χ0n) is 36.3. The van der Waals surface area contributed by atoms with E-state index in [1.807, 2.05) is 24.3 Å². The molecular formula is C61H35N5OS. The van der Waals surface area contributed by atoms with Crippen molar-refractivity contribution in [1.29, 1.82) is 0 Å². The third-order valence-electron chi connectivity index (χ3n) is 13.7. The molecule has 7 heteroatoms. The molecule has 15 aromatic rings. The van der Waals surface area contributed by atoms with Gasteiger partial charge in [0, 0.05) is 63.6 Å². The monoisotopic (exact) mass is 885 g/mol. The smallest absolute Gasteiger partial charge is 0.238 e. The standard InChI is InChI=1S/C61H35N5OS/c1-2-16-37(17-3-1)59-62-60(47-23-14-28-54-55(47)46-22-9-13-27-53(46)68-54)64-61(63-59)66-50-25-11-7-20-42(50)45-32-31-44-41-19-6-10-24-49(41)65(56(44)57(45)66)51-35-40(39-30-29-36-15-4-5-18-38(36)33-39)34-48-43-21-8-12-26-52(43)67-58(48)51/h1-35H. The molecule has 5 heterocycles. The number of thiophene rings is 1. The minimum absolute atomic E-state index is 0.541. The summed E-state index contributed by atoms with van der Waals surface area (Å²) in [7, 11) is 0. The Morgan fingerprint density at radius 2 is 1.03 bits per heavy atom. The normalized spacial score (nSPS) is 12.1. The van der Waals surface area contributed by atoms with Crippen LogP contribution in [-0.4, -0.2) is 24.1 Å². The Morgan fingerprint density at radius 3 is 1.85 bits per heavy atom. The topological polar surface area (TPSA) is 61.7 Å². The van der Waals surface area contributed by atoms with Gasteiger partial charge in [0.15, 0.2) is 17.2 Å². The lowest BCUT2D eigenvalue weighted by Crippen LogP contribution is -2.07. The molecule has 0 radical (unpaired) electrons. The van der Waals surface area contributed by atoms with E-state index in [2.05, 4.69) is 197 Å². The van der Waals surface area contributed by atoms with Gasteiger partial charge < -0.3 is 8.98 Å². The molecule has 5 aromatic heterocycles. The molecule has 0 spiro atoms. The quantitative estimate of drug-likeness (QED) is 0.173. The first-order valence-electron chi connectivity index (χ1n) is 22.8. The van der Waals surface area contributed by atoms with Gasteiger partial charge in [-0.1, -0.05) is 164 Å². The summed E-state index contributed by atoms with van der Waals surface area (Å²) < 4.78 is 14.1. The lowest BCUT2D eigenvalue weighted by Gasteiger charge is -2.15. The highest BCUT2D eigenvalue weighted by Gasteiger charge is 2.26. The van der Waals surface area contributed by atoms with Crippen LogP contribution in [0.2, 0.25) is 0 Å². The van der Waals surface area contributed by atoms with Crippen molar-refractivity contribution in [3.05, 3.63) is 212 Å². The summed E-state index contributed by atoms with van der Waals surface area (Å²) in [5, 5.41) is 11.3. The minimum atomic E-state index is 0.541. The highest BCUT2D eigenvalue weighted by Crippen LogP contribution is 2.46. The summed E-state index contributed by atoms with van der Waals surface area (Å²) in [6.07, 6.45) is 0. The third-order valence-corrected chi connectivity index (χ3v) is 14.9. The first-order chi connectivity index (χ1) is 33.7. The van der Waals surface area contributed by atoms with Crippen LogP contribution in [-0.2, 0) is 0 Å². The molecule has 6 nitrogen and oxygen atoms in total. The summed E-state index contributed by atoms with van der Waals surface area (Å²) in [6.45, 7) is 0. The van der Waals surface area contributed by atoms with Crippen LogP contribution in [0.15, 0.2) is 217 Å². The van der Waals surface area contributed by atoms with E-state index in [9.17, 15) is 0 Å². The predicted octanol–water partition coefficient (Wildman–Crippen LogP) is 16.5. The Hall–Kier alpha value is -8.91. The fourth-order valence-electron chi connectivity index (χ4n) is 10.7. The highest BCUT2D eigenvalue weighted by molar-refractivity contribution is 7.25. The zero-order valence-corrected chi connectivity index (χ0v) is 37.1. The number of para-hydroxylation sites is 3. The summed E-state index contributed by atoms with van der Waals surface area (Å²) in [4.78, 5) is 16.3. The fraction of sp³-hybridized carbons (Fsp3) is 0. The van der Waals surface area contributed by atoms with Crippen LogP contribution in [0, 0.1) is 0 Å². The molecule has 316 valence electrons. The maximum Gasteiger partial charge on any atom is 0.238 e. The molecule has 0 atom stereocenters. The summed E-state index contributed by atoms with van der Waals surface area (Å²) in [5.74, 6) is 1.77. The van der Waals surface area contributed by atoms with Crippen molar-refractivity contribution in [2.75, 3.05) is 0 Å². The molecular weight excluding hydrogens is 851 g/mol. The number of nitrogens with zero attached hydrogens (tertiary/aromatic N) is 5. The van der Waals surface area contributed by atoms with Crippen molar-refractivity contribution < 1.29 is 4.42 Å². The molecule has 0 unspecified atom stereocenters. The van der Waals surface area contributed by atoms with Gasteiger partial charge in [0.1, 0.15) is 5.58 Å². The number of aromatic nitrogens is 5. The van der Waals surface area contributed by atoms with Gasteiger partial charge in [0.05, 0.1) is 27.8 Å². The second-order valence-electron chi connectivity index (χ2n) is 17.5. The first-order valence-corrected chi connectivity index (χ1v) is 23.7. The van der Waals surface area contributed by atoms with Crippen LogP contribution in [0.5, 0.6) is 0 Å². The number of rotatable bonds is 5. The number of furan rings is 1. The fourth-order valence-corrected chi connectivity index (χ4v) is 11.9. The molecule has 0 N–H and O–H groups in total. The van der Waals surface area contributed by atoms with Crippen LogP contribution in [0.4, 0.5) is 0 Å². The number of hydrogen-bond acceptors (Lipinski definition) is 5. The SMILES string of the molecule is c1ccc(-c2nc(-c3cccc4sc5ccccc5c34)nc(-n3c4ccccc4c4ccc5c6ccccc6n(-c6cc(-c7ccc8ccccc8c7)cc7c6oc6ccccc67)c5c43)n2)cc1. The molecule has 0 amide bonds. The van der Waals surface area contributed by atoms with Gasteiger partial charge in [-0.15, -0.1) is 11.3 Å². The summed E-state index contributed by atoms with van der Waals surface area (Å²) >= 11 is 1.79. The van der Waals surface area contributed by atoms with Gasteiger partial charge in [0.25, 0.3) is 0 Å². The van der Waals surface area contributed by atoms with Gasteiger partial charge in [-0.05, 0) is 70.4 Å². The van der Waals surface area contributed by atoms with E-state index in [1.165, 1.54) is 25.6 Å². The molecule has 68 heavy (non-hydrogen) atoms. The van der Waals surface area contributed by atoms with Crippen molar-refractivity contribution >= 4 is 108 Å². The van der Waals surface area contributed by atoms with E-state index in [-0.39, 0.29) is 0 Å². The van der Waals surface area contributed by atoms with E-state index in [4.69, 9.17) is 19.4 Å². The van der Waals surface area contributed by atoms with E-state index in [1.54, 1.807) is 11.3 Å². The van der Waals surface area contributed by atoms with E-state index in [0.717, 1.165) is 98.9 Å². The molecule has 0 fully saturated rings. The Bertz CT molecular complexity index is 4580. The highest BCUT2D eigenvalue weighted by atomic mass is 32.1. The Balaban J connectivity index is 1.09. The average molecular weight is 886 g/mol. The van der Waals surface area contributed by atoms with Gasteiger partial charge >= 0.3 is 0 Å². The molecule has 10 aromatic carbocycles. The minimum Gasteiger partial charge on any atom is -0.454 e. The van der Waals surface area contributed by atoms with Crippen LogP contribution in [0.3, 0.4) is 0 Å². The van der Waals surface area contributed by atoms with E-state index in [0.29, 0.717) is 17.6 Å². The van der Waals surface area contributed by atoms with Gasteiger partial charge in [-0.2, -0.15) is 9.97 Å². The van der Waals surface area contributed by atoms with Gasteiger partial charge in [0.2, 0.25) is 5.95 Å². The lowest BCUT2D eigenvalue weighted by molar-refractivity contribution is 0.666. The lowest BCUT2D eigenvalue weighted by atomic mass is 9.98. The molecule has 0 aliphatic carbocycles. The average Bonchev–Trinajstić information content (AvgIpc) is 4.16. The largest absolute Gasteiger partial charge is 0.454 e. The van der Waals surface area contributed by atoms with Gasteiger partial charge in [-0.25, -0.2) is 4.98 Å². The second kappa shape index (κ2) is 14.3. The molecule has 0 aliphatic heterocycles. The van der Waals surface area contributed by atoms with Crippen LogP contribution >= 0.6 is 11.3 Å². The number of fused-ring (bicyclic) bond motifs is 14. The molecule has 0 aliphatic rings. The third kappa shape index (κ3) is 5.42. The van der Waals surface area contributed by atoms with Crippen molar-refractivity contribution in [2.45, 2.75) is 0 Å². The summed E-state index contributed by atoms with van der Waals surface area (Å²) in [5.41, 5.74) is 10.8. The number of benzene rings is 10. The maximum atomic E-state index is 6.98. The van der Waals surface area contributed by atoms with Crippen molar-refractivity contribution in [3.63, 3.8) is 0 Å². The van der Waals surface area contributed by atoms with Crippen LogP contribution < -0.4 is 0 Å². The first kappa shape index (κ1) is 37.3. The van der Waals surface area contributed by atoms with Crippen molar-refractivity contribution in [3.8, 4) is 45.5 Å². The Labute approximate surface area is 392 Å². The Morgan fingerprint density at radius 1 is 0.382 bits per heavy atom. The van der Waals surface area contributed by atoms with E-state index < -0.39 is 0 Å². The van der Waals surface area contributed by atoms with Crippen LogP contribution in [0.25, 0.3) is 142 Å².